The molecule has 0 aliphatic heterocycles. The Morgan fingerprint density at radius 2 is 1.40 bits per heavy atom. The number of aryl methyl sites for hydroxylation is 2. The second kappa shape index (κ2) is 5.23. The van der Waals surface area contributed by atoms with Crippen LogP contribution in [-0.2, 0) is 0 Å². The Labute approximate surface area is 110 Å². The molecular formula is C12H11F7O. The lowest BCUT2D eigenvalue weighted by molar-refractivity contribution is -0.307. The Morgan fingerprint density at radius 3 is 1.75 bits per heavy atom. The van der Waals surface area contributed by atoms with Gasteiger partial charge in [-0.15, -0.1) is 0 Å². The van der Waals surface area contributed by atoms with E-state index < -0.39 is 35.8 Å². The van der Waals surface area contributed by atoms with Gasteiger partial charge >= 0.3 is 12.4 Å². The van der Waals surface area contributed by atoms with Crippen LogP contribution in [0.4, 0.5) is 30.7 Å². The normalized spacial score (nSPS) is 14.8. The summed E-state index contributed by atoms with van der Waals surface area (Å²) in [6.07, 6.45) is -14.5. The number of rotatable bonds is 2. The molecule has 0 fully saturated rings. The van der Waals surface area contributed by atoms with Crippen molar-refractivity contribution in [1.82, 2.24) is 0 Å². The molecule has 8 heteroatoms. The van der Waals surface area contributed by atoms with Gasteiger partial charge in [-0.05, 0) is 31.0 Å². The molecule has 114 valence electrons. The van der Waals surface area contributed by atoms with Crippen molar-refractivity contribution in [1.29, 1.82) is 0 Å². The molecule has 20 heavy (non-hydrogen) atoms. The molecule has 1 aromatic carbocycles. The monoisotopic (exact) mass is 304 g/mol. The quantitative estimate of drug-likeness (QED) is 0.811. The molecule has 0 heterocycles. The smallest absolute Gasteiger partial charge is 0.387 e. The van der Waals surface area contributed by atoms with E-state index in [0.29, 0.717) is 5.56 Å². The highest BCUT2D eigenvalue weighted by Gasteiger charge is 2.60. The number of halogens is 7. The van der Waals surface area contributed by atoms with Crippen molar-refractivity contribution < 1.29 is 35.8 Å². The SMILES string of the molecule is Cc1cc(C)c(C(O)C(C(F)(F)F)C(F)(F)F)c(F)c1. The van der Waals surface area contributed by atoms with Gasteiger partial charge in [-0.25, -0.2) is 4.39 Å². The van der Waals surface area contributed by atoms with Crippen molar-refractivity contribution >= 4 is 0 Å². The van der Waals surface area contributed by atoms with Gasteiger partial charge in [0.1, 0.15) is 11.9 Å². The van der Waals surface area contributed by atoms with Crippen LogP contribution >= 0.6 is 0 Å². The van der Waals surface area contributed by atoms with E-state index in [-0.39, 0.29) is 5.56 Å². The van der Waals surface area contributed by atoms with Crippen molar-refractivity contribution in [3.8, 4) is 0 Å². The highest BCUT2D eigenvalue weighted by molar-refractivity contribution is 5.34. The summed E-state index contributed by atoms with van der Waals surface area (Å²) >= 11 is 0. The van der Waals surface area contributed by atoms with Gasteiger partial charge in [0.05, 0.1) is 0 Å². The van der Waals surface area contributed by atoms with E-state index in [1.165, 1.54) is 13.0 Å². The van der Waals surface area contributed by atoms with Crippen LogP contribution in [0.25, 0.3) is 0 Å². The van der Waals surface area contributed by atoms with E-state index >= 15 is 0 Å². The molecule has 1 N–H and O–H groups in total. The van der Waals surface area contributed by atoms with Gasteiger partial charge in [0.15, 0.2) is 5.92 Å². The van der Waals surface area contributed by atoms with Crippen molar-refractivity contribution in [3.63, 3.8) is 0 Å². The zero-order valence-electron chi connectivity index (χ0n) is 10.4. The Balaban J connectivity index is 3.38. The van der Waals surface area contributed by atoms with Gasteiger partial charge < -0.3 is 5.11 Å². The molecule has 0 aromatic heterocycles. The summed E-state index contributed by atoms with van der Waals surface area (Å²) < 4.78 is 88.6. The van der Waals surface area contributed by atoms with Crippen LogP contribution in [0.15, 0.2) is 12.1 Å². The second-order valence-corrected chi connectivity index (χ2v) is 4.48. The maximum Gasteiger partial charge on any atom is 0.403 e. The summed E-state index contributed by atoms with van der Waals surface area (Å²) in [6, 6.07) is 1.97. The van der Waals surface area contributed by atoms with Crippen LogP contribution in [-0.4, -0.2) is 17.5 Å². The third-order valence-electron chi connectivity index (χ3n) is 2.80. The summed E-state index contributed by atoms with van der Waals surface area (Å²) in [4.78, 5) is 0. The maximum atomic E-state index is 13.6. The Hall–Kier alpha value is -1.31. The lowest BCUT2D eigenvalue weighted by Gasteiger charge is -2.28. The molecule has 0 saturated heterocycles. The molecule has 0 amide bonds. The molecule has 1 nitrogen and oxygen atoms in total. The zero-order valence-corrected chi connectivity index (χ0v) is 10.4. The van der Waals surface area contributed by atoms with Gasteiger partial charge in [0.25, 0.3) is 0 Å². The lowest BCUT2D eigenvalue weighted by Crippen LogP contribution is -2.41. The maximum absolute atomic E-state index is 13.6. The molecule has 0 saturated carbocycles. The van der Waals surface area contributed by atoms with E-state index in [0.717, 1.165) is 13.0 Å². The number of hydrogen-bond acceptors (Lipinski definition) is 1. The summed E-state index contributed by atoms with van der Waals surface area (Å²) in [5.74, 6) is -5.33. The van der Waals surface area contributed by atoms with Crippen molar-refractivity contribution in [2.24, 2.45) is 5.92 Å². The molecule has 1 unspecified atom stereocenters. The highest BCUT2D eigenvalue weighted by atomic mass is 19.4. The number of alkyl halides is 6. The van der Waals surface area contributed by atoms with E-state index in [4.69, 9.17) is 0 Å². The van der Waals surface area contributed by atoms with Crippen LogP contribution in [0.3, 0.4) is 0 Å². The first-order chi connectivity index (χ1) is 8.85. The third kappa shape index (κ3) is 3.41. The first-order valence-electron chi connectivity index (χ1n) is 5.44. The summed E-state index contributed by atoms with van der Waals surface area (Å²) in [5.41, 5.74) is -0.838. The molecule has 0 aliphatic rings. The second-order valence-electron chi connectivity index (χ2n) is 4.48. The third-order valence-corrected chi connectivity index (χ3v) is 2.80. The predicted molar refractivity (Wildman–Crippen MR) is 56.4 cm³/mol. The fourth-order valence-corrected chi connectivity index (χ4v) is 2.01. The Kier molecular flexibility index (Phi) is 4.38. The molecule has 1 rings (SSSR count). The van der Waals surface area contributed by atoms with Crippen LogP contribution < -0.4 is 0 Å². The number of benzene rings is 1. The number of aliphatic hydroxyl groups is 1. The zero-order chi connectivity index (χ0) is 15.9. The van der Waals surface area contributed by atoms with Crippen molar-refractivity contribution in [3.05, 3.63) is 34.6 Å². The van der Waals surface area contributed by atoms with Gasteiger partial charge in [0, 0.05) is 5.56 Å². The van der Waals surface area contributed by atoms with Gasteiger partial charge in [-0.2, -0.15) is 26.3 Å². The largest absolute Gasteiger partial charge is 0.403 e. The van der Waals surface area contributed by atoms with E-state index in [9.17, 15) is 35.8 Å². The van der Waals surface area contributed by atoms with Crippen LogP contribution in [0.2, 0.25) is 0 Å². The summed E-state index contributed by atoms with van der Waals surface area (Å²) in [6.45, 7) is 2.57. The minimum Gasteiger partial charge on any atom is -0.387 e. The molecule has 1 aromatic rings. The molecule has 1 atom stereocenters. The molecule has 0 bridgehead atoms. The fraction of sp³-hybridized carbons (Fsp3) is 0.500. The highest BCUT2D eigenvalue weighted by Crippen LogP contribution is 2.47. The average Bonchev–Trinajstić information content (AvgIpc) is 2.09. The van der Waals surface area contributed by atoms with Crippen LogP contribution in [0.5, 0.6) is 0 Å². The van der Waals surface area contributed by atoms with Crippen LogP contribution in [0.1, 0.15) is 22.8 Å². The Morgan fingerprint density at radius 1 is 0.950 bits per heavy atom. The topological polar surface area (TPSA) is 20.2 Å². The van der Waals surface area contributed by atoms with E-state index in [1.54, 1.807) is 0 Å². The fourth-order valence-electron chi connectivity index (χ4n) is 2.01. The standard InChI is InChI=1S/C12H11F7O/c1-5-3-6(2)8(7(13)4-5)9(20)10(11(14,15)16)12(17,18)19/h3-4,9-10,20H,1-2H3. The van der Waals surface area contributed by atoms with Gasteiger partial charge in [0.2, 0.25) is 0 Å². The predicted octanol–water partition coefficient (Wildman–Crippen LogP) is 4.22. The van der Waals surface area contributed by atoms with E-state index in [1.807, 2.05) is 0 Å². The summed E-state index contributed by atoms with van der Waals surface area (Å²) in [5, 5.41) is 9.42. The average molecular weight is 304 g/mol. The molecule has 0 spiro atoms. The molecule has 0 radical (unpaired) electrons. The van der Waals surface area contributed by atoms with Gasteiger partial charge in [-0.1, -0.05) is 6.07 Å². The Bertz CT molecular complexity index is 453. The van der Waals surface area contributed by atoms with Gasteiger partial charge in [-0.3, -0.25) is 0 Å². The number of hydrogen-bond donors (Lipinski definition) is 1. The first-order valence-corrected chi connectivity index (χ1v) is 5.44. The molecule has 0 aliphatic carbocycles. The number of aliphatic hydroxyl groups excluding tert-OH is 1. The minimum absolute atomic E-state index is 0.173. The van der Waals surface area contributed by atoms with E-state index in [2.05, 4.69) is 0 Å². The van der Waals surface area contributed by atoms with Crippen LogP contribution in [0, 0.1) is 25.6 Å². The first kappa shape index (κ1) is 16.7. The lowest BCUT2D eigenvalue weighted by atomic mass is 9.90. The van der Waals surface area contributed by atoms with Crippen molar-refractivity contribution in [2.45, 2.75) is 32.3 Å². The minimum atomic E-state index is -5.73. The molecular weight excluding hydrogens is 293 g/mol. The summed E-state index contributed by atoms with van der Waals surface area (Å²) in [7, 11) is 0. The van der Waals surface area contributed by atoms with Crippen molar-refractivity contribution in [2.75, 3.05) is 0 Å².